The maximum Gasteiger partial charge on any atom is 0.313 e. The summed E-state index contributed by atoms with van der Waals surface area (Å²) in [5.74, 6) is 0.292. The van der Waals surface area contributed by atoms with Gasteiger partial charge in [0.05, 0.1) is 10.4 Å². The second kappa shape index (κ2) is 9.95. The third kappa shape index (κ3) is 5.15. The molecule has 0 atom stereocenters. The number of piperidine rings is 1. The number of amides is 1. The van der Waals surface area contributed by atoms with E-state index in [0.717, 1.165) is 36.8 Å². The fraction of sp³-hybridized carbons (Fsp3) is 0.500. The Hall–Kier alpha value is -2.22. The molecule has 0 spiro atoms. The van der Waals surface area contributed by atoms with Gasteiger partial charge in [-0.3, -0.25) is 4.79 Å². The van der Waals surface area contributed by atoms with Crippen molar-refractivity contribution in [3.05, 3.63) is 65.7 Å². The smallest absolute Gasteiger partial charge is 0.313 e. The number of aryl methyl sites for hydroxylation is 1. The largest absolute Gasteiger partial charge is 0.336 e. The second-order valence-corrected chi connectivity index (χ2v) is 10.9. The van der Waals surface area contributed by atoms with Crippen LogP contribution < -0.4 is 0 Å². The number of hydrogen-bond acceptors (Lipinski definition) is 5. The first kappa shape index (κ1) is 23.9. The lowest BCUT2D eigenvalue weighted by Crippen LogP contribution is -2.55. The average Bonchev–Trinajstić information content (AvgIpc) is 2.85. The fourth-order valence-electron chi connectivity index (χ4n) is 5.22. The summed E-state index contributed by atoms with van der Waals surface area (Å²) < 4.78 is 31.0. The highest BCUT2D eigenvalue weighted by Crippen LogP contribution is 2.40. The van der Waals surface area contributed by atoms with E-state index >= 15 is 0 Å². The zero-order valence-electron chi connectivity index (χ0n) is 19.6. The molecule has 2 aliphatic rings. The first-order chi connectivity index (χ1) is 15.8. The summed E-state index contributed by atoms with van der Waals surface area (Å²) in [6, 6.07) is 16.8. The minimum atomic E-state index is -3.89. The van der Waals surface area contributed by atoms with Gasteiger partial charge in [0, 0.05) is 26.1 Å². The van der Waals surface area contributed by atoms with Crippen LogP contribution in [0.5, 0.6) is 0 Å². The van der Waals surface area contributed by atoms with Crippen LogP contribution >= 0.6 is 0 Å². The second-order valence-electron chi connectivity index (χ2n) is 9.40. The topological polar surface area (TPSA) is 66.9 Å². The zero-order chi connectivity index (χ0) is 23.5. The van der Waals surface area contributed by atoms with Gasteiger partial charge in [0.15, 0.2) is 0 Å². The van der Waals surface area contributed by atoms with E-state index in [2.05, 4.69) is 12.1 Å². The van der Waals surface area contributed by atoms with Crippen molar-refractivity contribution in [2.75, 3.05) is 20.1 Å². The first-order valence-electron chi connectivity index (χ1n) is 11.9. The first-order valence-corrected chi connectivity index (χ1v) is 13.3. The van der Waals surface area contributed by atoms with E-state index in [0.29, 0.717) is 25.9 Å². The van der Waals surface area contributed by atoms with Crippen molar-refractivity contribution in [1.29, 1.82) is 0 Å². The molecule has 0 radical (unpaired) electrons. The van der Waals surface area contributed by atoms with Crippen molar-refractivity contribution >= 4 is 16.0 Å². The Morgan fingerprint density at radius 2 is 1.58 bits per heavy atom. The molecule has 1 aliphatic carbocycles. The Labute approximate surface area is 197 Å². The summed E-state index contributed by atoms with van der Waals surface area (Å²) in [7, 11) is -1.97. The van der Waals surface area contributed by atoms with E-state index in [-0.39, 0.29) is 16.7 Å². The molecule has 6 nitrogen and oxygen atoms in total. The summed E-state index contributed by atoms with van der Waals surface area (Å²) in [4.78, 5) is 15.6. The van der Waals surface area contributed by atoms with Crippen LogP contribution in [0.15, 0.2) is 59.5 Å². The van der Waals surface area contributed by atoms with Gasteiger partial charge in [-0.25, -0.2) is 0 Å². The van der Waals surface area contributed by atoms with Gasteiger partial charge in [-0.2, -0.15) is 17.8 Å². The molecule has 0 N–H and O–H groups in total. The highest BCUT2D eigenvalue weighted by molar-refractivity contribution is 7.86. The number of carbonyl (C=O) groups is 1. The molecular weight excluding hydrogens is 436 g/mol. The lowest BCUT2D eigenvalue weighted by atomic mass is 9.78. The predicted molar refractivity (Wildman–Crippen MR) is 128 cm³/mol. The summed E-state index contributed by atoms with van der Waals surface area (Å²) >= 11 is 0. The third-order valence-corrected chi connectivity index (χ3v) is 8.56. The lowest BCUT2D eigenvalue weighted by Gasteiger charge is -2.48. The van der Waals surface area contributed by atoms with Crippen LogP contribution in [0.25, 0.3) is 0 Å². The molecule has 2 aromatic carbocycles. The molecule has 1 amide bonds. The van der Waals surface area contributed by atoms with Crippen molar-refractivity contribution in [3.8, 4) is 0 Å². The molecule has 1 aliphatic heterocycles. The minimum absolute atomic E-state index is 0.0838. The van der Waals surface area contributed by atoms with E-state index in [1.54, 1.807) is 24.3 Å². The number of nitrogens with zero attached hydrogens (tertiary/aromatic N) is 2. The standard InChI is InChI=1S/C26H34N2O4S/c1-21-13-15-24(16-14-21)33(30,31)32-28-19-17-26(18-20-28,23-11-7-4-8-12-23)27(2)25(29)22-9-5-3-6-10-22/h4,7-8,11-16,22H,3,5-6,9-10,17-20H2,1-2H3. The summed E-state index contributed by atoms with van der Waals surface area (Å²) in [5.41, 5.74) is 1.62. The number of carbonyl (C=O) groups excluding carboxylic acids is 1. The average molecular weight is 471 g/mol. The van der Waals surface area contributed by atoms with Crippen LogP contribution in [0.4, 0.5) is 0 Å². The predicted octanol–water partition coefficient (Wildman–Crippen LogP) is 4.65. The molecule has 33 heavy (non-hydrogen) atoms. The molecule has 2 fully saturated rings. The molecule has 1 saturated carbocycles. The zero-order valence-corrected chi connectivity index (χ0v) is 20.4. The van der Waals surface area contributed by atoms with Crippen LogP contribution in [0, 0.1) is 12.8 Å². The highest BCUT2D eigenvalue weighted by atomic mass is 32.2. The van der Waals surface area contributed by atoms with Crippen molar-refractivity contribution in [2.45, 2.75) is 62.3 Å². The van der Waals surface area contributed by atoms with Crippen LogP contribution in [0.3, 0.4) is 0 Å². The van der Waals surface area contributed by atoms with Gasteiger partial charge in [-0.15, -0.1) is 0 Å². The van der Waals surface area contributed by atoms with Crippen LogP contribution in [0.2, 0.25) is 0 Å². The van der Waals surface area contributed by atoms with Gasteiger partial charge in [0.2, 0.25) is 5.91 Å². The SMILES string of the molecule is Cc1ccc(S(=O)(=O)ON2CCC(c3ccccc3)(N(C)C(=O)C3CCCCC3)CC2)cc1. The third-order valence-electron chi connectivity index (χ3n) is 7.30. The Bertz CT molecular complexity index is 1040. The summed E-state index contributed by atoms with van der Waals surface area (Å²) in [5, 5.41) is 1.52. The molecule has 1 heterocycles. The molecule has 2 aromatic rings. The van der Waals surface area contributed by atoms with E-state index < -0.39 is 15.7 Å². The molecule has 4 rings (SSSR count). The van der Waals surface area contributed by atoms with Crippen LogP contribution in [-0.2, 0) is 24.7 Å². The Kier molecular flexibility index (Phi) is 7.22. The van der Waals surface area contributed by atoms with Crippen molar-refractivity contribution in [1.82, 2.24) is 9.96 Å². The van der Waals surface area contributed by atoms with Gasteiger partial charge in [-0.1, -0.05) is 67.3 Å². The highest BCUT2D eigenvalue weighted by Gasteiger charge is 2.44. The van der Waals surface area contributed by atoms with Crippen LogP contribution in [0.1, 0.15) is 56.1 Å². The fourth-order valence-corrected chi connectivity index (χ4v) is 6.20. The quantitative estimate of drug-likeness (QED) is 0.615. The molecule has 0 unspecified atom stereocenters. The van der Waals surface area contributed by atoms with Crippen molar-refractivity contribution in [3.63, 3.8) is 0 Å². The number of hydrogen-bond donors (Lipinski definition) is 0. The number of hydroxylamine groups is 2. The van der Waals surface area contributed by atoms with E-state index in [9.17, 15) is 13.2 Å². The lowest BCUT2D eigenvalue weighted by molar-refractivity contribution is -0.150. The number of benzene rings is 2. The molecule has 0 aromatic heterocycles. The molecule has 0 bridgehead atoms. The monoisotopic (exact) mass is 470 g/mol. The Morgan fingerprint density at radius 3 is 2.18 bits per heavy atom. The maximum atomic E-state index is 13.5. The Balaban J connectivity index is 1.52. The van der Waals surface area contributed by atoms with Crippen molar-refractivity contribution in [2.24, 2.45) is 5.92 Å². The van der Waals surface area contributed by atoms with E-state index in [1.807, 2.05) is 37.1 Å². The van der Waals surface area contributed by atoms with Gasteiger partial charge in [0.1, 0.15) is 0 Å². The Morgan fingerprint density at radius 1 is 0.970 bits per heavy atom. The molecule has 7 heteroatoms. The normalized spacial score (nSPS) is 19.8. The molecule has 1 saturated heterocycles. The van der Waals surface area contributed by atoms with E-state index in [1.165, 1.54) is 11.5 Å². The van der Waals surface area contributed by atoms with Crippen molar-refractivity contribution < 1.29 is 17.5 Å². The van der Waals surface area contributed by atoms with Gasteiger partial charge >= 0.3 is 10.1 Å². The van der Waals surface area contributed by atoms with Crippen LogP contribution in [-0.4, -0.2) is 44.4 Å². The number of rotatable bonds is 6. The van der Waals surface area contributed by atoms with Gasteiger partial charge in [-0.05, 0) is 50.3 Å². The minimum Gasteiger partial charge on any atom is -0.336 e. The van der Waals surface area contributed by atoms with Gasteiger partial charge in [0.25, 0.3) is 0 Å². The van der Waals surface area contributed by atoms with Gasteiger partial charge < -0.3 is 4.90 Å². The summed E-state index contributed by atoms with van der Waals surface area (Å²) in [6.45, 7) is 2.75. The maximum absolute atomic E-state index is 13.5. The molecule has 178 valence electrons. The summed E-state index contributed by atoms with van der Waals surface area (Å²) in [6.07, 6.45) is 6.56. The van der Waals surface area contributed by atoms with E-state index in [4.69, 9.17) is 4.28 Å². The molecular formula is C26H34N2O4S.